The van der Waals surface area contributed by atoms with Crippen molar-refractivity contribution in [3.05, 3.63) is 76.6 Å². The van der Waals surface area contributed by atoms with E-state index >= 15 is 0 Å². The van der Waals surface area contributed by atoms with Crippen molar-refractivity contribution in [2.45, 2.75) is 69.7 Å². The summed E-state index contributed by atoms with van der Waals surface area (Å²) in [6.07, 6.45) is 8.39. The molecule has 168 valence electrons. The molecule has 2 N–H and O–H groups in total. The van der Waals surface area contributed by atoms with E-state index in [-0.39, 0.29) is 18.2 Å². The van der Waals surface area contributed by atoms with Crippen molar-refractivity contribution in [3.8, 4) is 11.5 Å². The second kappa shape index (κ2) is 9.55. The molecular weight excluding hydrogens is 422 g/mol. The van der Waals surface area contributed by atoms with E-state index in [1.165, 1.54) is 11.1 Å². The Labute approximate surface area is 194 Å². The second-order valence-corrected chi connectivity index (χ2v) is 9.33. The standard InChI is InChI=1S/C26H30ClN3O2/c1-17(26-23(27)16-28-30-26)29-20-8-10-21(11-9-20)31-22-12-14-25-19(15-22)7-13-24(32-25)18-5-3-2-4-6-18/h2-6,12,14-17,20-21,24,29H,7-11,13H2,1H3,(H,28,30)/t17?,20-,21-,24?. The molecule has 6 heteroatoms. The number of halogens is 1. The van der Waals surface area contributed by atoms with Gasteiger partial charge in [0.25, 0.3) is 0 Å². The fourth-order valence-corrected chi connectivity index (χ4v) is 5.16. The number of aromatic amines is 1. The third-order valence-electron chi connectivity index (χ3n) is 6.64. The van der Waals surface area contributed by atoms with Gasteiger partial charge in [-0.2, -0.15) is 5.10 Å². The Morgan fingerprint density at radius 3 is 2.66 bits per heavy atom. The number of aromatic nitrogens is 2. The number of nitrogens with one attached hydrogen (secondary N) is 2. The largest absolute Gasteiger partial charge is 0.490 e. The second-order valence-electron chi connectivity index (χ2n) is 8.92. The SMILES string of the molecule is CC(N[C@H]1CC[C@H](Oc2ccc3c(c2)CCC(c2ccccc2)O3)CC1)c1n[nH]cc1Cl. The molecule has 32 heavy (non-hydrogen) atoms. The van der Waals surface area contributed by atoms with Crippen LogP contribution in [0.15, 0.2) is 54.7 Å². The van der Waals surface area contributed by atoms with Crippen molar-refractivity contribution >= 4 is 11.6 Å². The van der Waals surface area contributed by atoms with Gasteiger partial charge in [0.1, 0.15) is 17.6 Å². The smallest absolute Gasteiger partial charge is 0.124 e. The number of fused-ring (bicyclic) bond motifs is 1. The maximum Gasteiger partial charge on any atom is 0.124 e. The zero-order valence-corrected chi connectivity index (χ0v) is 19.1. The average molecular weight is 452 g/mol. The number of H-pyrrole nitrogens is 1. The van der Waals surface area contributed by atoms with E-state index in [0.717, 1.165) is 55.7 Å². The number of hydrogen-bond donors (Lipinski definition) is 2. The van der Waals surface area contributed by atoms with E-state index in [2.05, 4.69) is 64.9 Å². The highest BCUT2D eigenvalue weighted by Gasteiger charge is 2.26. The Morgan fingerprint density at radius 2 is 1.91 bits per heavy atom. The third kappa shape index (κ3) is 4.79. The highest BCUT2D eigenvalue weighted by atomic mass is 35.5. The quantitative estimate of drug-likeness (QED) is 0.470. The van der Waals surface area contributed by atoms with E-state index in [0.29, 0.717) is 11.1 Å². The van der Waals surface area contributed by atoms with Crippen molar-refractivity contribution in [3.63, 3.8) is 0 Å². The van der Waals surface area contributed by atoms with Crippen LogP contribution in [0.25, 0.3) is 0 Å². The molecule has 5 rings (SSSR count). The van der Waals surface area contributed by atoms with Gasteiger partial charge in [-0.15, -0.1) is 0 Å². The predicted molar refractivity (Wildman–Crippen MR) is 126 cm³/mol. The molecule has 0 saturated heterocycles. The van der Waals surface area contributed by atoms with Crippen LogP contribution in [0.5, 0.6) is 11.5 Å². The van der Waals surface area contributed by atoms with Gasteiger partial charge >= 0.3 is 0 Å². The first-order valence-corrected chi connectivity index (χ1v) is 12.0. The molecule has 2 atom stereocenters. The molecule has 3 aromatic rings. The maximum atomic E-state index is 6.36. The summed E-state index contributed by atoms with van der Waals surface area (Å²) >= 11 is 6.19. The number of benzene rings is 2. The van der Waals surface area contributed by atoms with Gasteiger partial charge in [-0.25, -0.2) is 0 Å². The molecule has 0 spiro atoms. The Balaban J connectivity index is 1.13. The molecule has 0 bridgehead atoms. The number of hydrogen-bond acceptors (Lipinski definition) is 4. The zero-order chi connectivity index (χ0) is 21.9. The van der Waals surface area contributed by atoms with Crippen LogP contribution >= 0.6 is 11.6 Å². The normalized spacial score (nSPS) is 23.8. The van der Waals surface area contributed by atoms with Crippen LogP contribution < -0.4 is 14.8 Å². The third-order valence-corrected chi connectivity index (χ3v) is 6.94. The van der Waals surface area contributed by atoms with Gasteiger partial charge in [-0.3, -0.25) is 5.10 Å². The monoisotopic (exact) mass is 451 g/mol. The molecule has 2 aromatic carbocycles. The molecule has 5 nitrogen and oxygen atoms in total. The molecule has 0 radical (unpaired) electrons. The van der Waals surface area contributed by atoms with E-state index in [9.17, 15) is 0 Å². The molecule has 2 heterocycles. The van der Waals surface area contributed by atoms with Gasteiger partial charge in [0.2, 0.25) is 0 Å². The van der Waals surface area contributed by atoms with Crippen molar-refractivity contribution in [1.29, 1.82) is 0 Å². The summed E-state index contributed by atoms with van der Waals surface area (Å²) in [5.41, 5.74) is 3.37. The van der Waals surface area contributed by atoms with Crippen LogP contribution in [-0.4, -0.2) is 22.3 Å². The van der Waals surface area contributed by atoms with Crippen LogP contribution in [0.2, 0.25) is 5.02 Å². The van der Waals surface area contributed by atoms with Gasteiger partial charge in [-0.1, -0.05) is 41.9 Å². The summed E-state index contributed by atoms with van der Waals surface area (Å²) in [6.45, 7) is 2.11. The van der Waals surface area contributed by atoms with Crippen LogP contribution in [0, 0.1) is 0 Å². The Hall–Kier alpha value is -2.50. The summed E-state index contributed by atoms with van der Waals surface area (Å²) in [5.74, 6) is 1.94. The van der Waals surface area contributed by atoms with Gasteiger partial charge in [0.15, 0.2) is 0 Å². The lowest BCUT2D eigenvalue weighted by Crippen LogP contribution is -2.37. The molecule has 2 aliphatic rings. The fraction of sp³-hybridized carbons (Fsp3) is 0.423. The Bertz CT molecular complexity index is 1030. The molecule has 1 aliphatic carbocycles. The minimum Gasteiger partial charge on any atom is -0.490 e. The first kappa shape index (κ1) is 21.4. The minimum absolute atomic E-state index is 0.136. The molecule has 2 unspecified atom stereocenters. The molecule has 0 amide bonds. The number of aryl methyl sites for hydroxylation is 1. The first-order valence-electron chi connectivity index (χ1n) is 11.6. The average Bonchev–Trinajstić information content (AvgIpc) is 3.26. The minimum atomic E-state index is 0.136. The van der Waals surface area contributed by atoms with Crippen molar-refractivity contribution in [2.24, 2.45) is 0 Å². The fourth-order valence-electron chi connectivity index (χ4n) is 4.90. The number of rotatable bonds is 6. The van der Waals surface area contributed by atoms with E-state index in [4.69, 9.17) is 21.1 Å². The summed E-state index contributed by atoms with van der Waals surface area (Å²) < 4.78 is 12.6. The zero-order valence-electron chi connectivity index (χ0n) is 18.4. The Kier molecular flexibility index (Phi) is 6.37. The van der Waals surface area contributed by atoms with Gasteiger partial charge in [-0.05, 0) is 74.8 Å². The number of ether oxygens (including phenoxy) is 2. The number of nitrogens with zero attached hydrogens (tertiary/aromatic N) is 1. The summed E-state index contributed by atoms with van der Waals surface area (Å²) in [6, 6.07) is 17.4. The lowest BCUT2D eigenvalue weighted by atomic mass is 9.92. The van der Waals surface area contributed by atoms with E-state index in [1.54, 1.807) is 6.20 Å². The summed E-state index contributed by atoms with van der Waals surface area (Å²) in [4.78, 5) is 0. The molecule has 1 aromatic heterocycles. The van der Waals surface area contributed by atoms with E-state index < -0.39 is 0 Å². The van der Waals surface area contributed by atoms with Crippen LogP contribution in [-0.2, 0) is 6.42 Å². The molecule has 1 saturated carbocycles. The van der Waals surface area contributed by atoms with Crippen molar-refractivity contribution < 1.29 is 9.47 Å². The van der Waals surface area contributed by atoms with Gasteiger partial charge in [0, 0.05) is 12.2 Å². The maximum absolute atomic E-state index is 6.36. The van der Waals surface area contributed by atoms with Crippen molar-refractivity contribution in [2.75, 3.05) is 0 Å². The summed E-state index contributed by atoms with van der Waals surface area (Å²) in [5, 5.41) is 11.4. The van der Waals surface area contributed by atoms with Crippen LogP contribution in [0.3, 0.4) is 0 Å². The highest BCUT2D eigenvalue weighted by molar-refractivity contribution is 6.31. The predicted octanol–water partition coefficient (Wildman–Crippen LogP) is 6.17. The van der Waals surface area contributed by atoms with Crippen LogP contribution in [0.4, 0.5) is 0 Å². The molecular formula is C26H30ClN3O2. The molecule has 1 aliphatic heterocycles. The molecule has 1 fully saturated rings. The van der Waals surface area contributed by atoms with Crippen LogP contribution in [0.1, 0.15) is 68.0 Å². The highest BCUT2D eigenvalue weighted by Crippen LogP contribution is 2.37. The van der Waals surface area contributed by atoms with Gasteiger partial charge < -0.3 is 14.8 Å². The van der Waals surface area contributed by atoms with Gasteiger partial charge in [0.05, 0.1) is 22.9 Å². The lowest BCUT2D eigenvalue weighted by molar-refractivity contribution is 0.135. The van der Waals surface area contributed by atoms with Crippen molar-refractivity contribution in [1.82, 2.24) is 15.5 Å². The first-order chi connectivity index (χ1) is 15.7. The van der Waals surface area contributed by atoms with E-state index in [1.807, 2.05) is 6.07 Å². The lowest BCUT2D eigenvalue weighted by Gasteiger charge is -2.32. The Morgan fingerprint density at radius 1 is 1.09 bits per heavy atom. The summed E-state index contributed by atoms with van der Waals surface area (Å²) in [7, 11) is 0. The topological polar surface area (TPSA) is 59.2 Å².